The van der Waals surface area contributed by atoms with Crippen molar-refractivity contribution < 1.29 is 4.92 Å². The lowest BCUT2D eigenvalue weighted by Crippen LogP contribution is -2.17. The van der Waals surface area contributed by atoms with Crippen molar-refractivity contribution in [3.8, 4) is 0 Å². The molecule has 11 nitrogen and oxygen atoms in total. The third kappa shape index (κ3) is 3.17. The first-order valence-corrected chi connectivity index (χ1v) is 6.69. The van der Waals surface area contributed by atoms with E-state index < -0.39 is 4.92 Å². The van der Waals surface area contributed by atoms with Gasteiger partial charge in [0.25, 0.3) is 0 Å². The second kappa shape index (κ2) is 6.32. The van der Waals surface area contributed by atoms with Crippen molar-refractivity contribution in [2.24, 2.45) is 5.84 Å². The van der Waals surface area contributed by atoms with Crippen LogP contribution in [0.2, 0.25) is 0 Å². The Kier molecular flexibility index (Phi) is 4.49. The third-order valence-corrected chi connectivity index (χ3v) is 3.41. The fourth-order valence-corrected chi connectivity index (χ4v) is 2.43. The second-order valence-electron chi connectivity index (χ2n) is 3.85. The summed E-state index contributed by atoms with van der Waals surface area (Å²) >= 11 is 0.892. The second-order valence-corrected chi connectivity index (χ2v) is 4.81. The summed E-state index contributed by atoms with van der Waals surface area (Å²) < 4.78 is 1.38. The molecule has 0 aliphatic carbocycles. The number of aromatic amines is 1. The molecular weight excluding hydrogens is 300 g/mol. The van der Waals surface area contributed by atoms with Crippen LogP contribution in [0.25, 0.3) is 0 Å². The van der Waals surface area contributed by atoms with E-state index in [1.165, 1.54) is 4.57 Å². The number of hydrogen-bond acceptors (Lipinski definition) is 9. The Labute approximate surface area is 122 Å². The molecule has 112 valence electrons. The molecule has 2 rings (SSSR count). The Bertz CT molecular complexity index is 711. The summed E-state index contributed by atoms with van der Waals surface area (Å²) in [5.74, 6) is 5.22. The number of H-pyrrole nitrogens is 1. The molecule has 0 bridgehead atoms. The number of nitrogens with one attached hydrogen (secondary N) is 2. The topological polar surface area (TPSA) is 158 Å². The molecule has 0 saturated carbocycles. The molecule has 0 atom stereocenters. The molecule has 0 amide bonds. The van der Waals surface area contributed by atoms with Crippen molar-refractivity contribution in [1.29, 1.82) is 0 Å². The van der Waals surface area contributed by atoms with Crippen molar-refractivity contribution in [1.82, 2.24) is 24.7 Å². The third-order valence-electron chi connectivity index (χ3n) is 2.42. The minimum Gasteiger partial charge on any atom is -0.292 e. The highest BCUT2D eigenvalue weighted by atomic mass is 32.2. The Morgan fingerprint density at radius 1 is 1.62 bits per heavy atom. The molecule has 0 saturated heterocycles. The SMILES string of the molecule is CCCn1c(Sc2nc(NN)ncc2[N+](=O)[O-])n[nH]c1=O. The number of aromatic nitrogens is 5. The molecule has 0 radical (unpaired) electrons. The lowest BCUT2D eigenvalue weighted by atomic mass is 10.5. The van der Waals surface area contributed by atoms with Gasteiger partial charge in [-0.05, 0) is 18.2 Å². The lowest BCUT2D eigenvalue weighted by Gasteiger charge is -2.05. The van der Waals surface area contributed by atoms with E-state index in [1.807, 2.05) is 6.92 Å². The summed E-state index contributed by atoms with van der Waals surface area (Å²) in [4.78, 5) is 29.6. The molecule has 0 unspecified atom stereocenters. The van der Waals surface area contributed by atoms with E-state index in [1.54, 1.807) is 0 Å². The van der Waals surface area contributed by atoms with Gasteiger partial charge in [-0.1, -0.05) is 6.92 Å². The monoisotopic (exact) mass is 312 g/mol. The number of anilines is 1. The number of nitrogen functional groups attached to an aromatic ring is 1. The average Bonchev–Trinajstić information content (AvgIpc) is 2.80. The predicted molar refractivity (Wildman–Crippen MR) is 73.8 cm³/mol. The predicted octanol–water partition coefficient (Wildman–Crippen LogP) is 0.116. The average molecular weight is 312 g/mol. The number of hydrogen-bond donors (Lipinski definition) is 3. The molecule has 21 heavy (non-hydrogen) atoms. The van der Waals surface area contributed by atoms with Crippen LogP contribution in [-0.2, 0) is 6.54 Å². The first kappa shape index (κ1) is 14.9. The quantitative estimate of drug-likeness (QED) is 0.291. The standard InChI is InChI=1S/C9H12N8O3S/c1-2-3-16-8(18)14-15-9(16)21-6-5(17(19)20)4-11-7(12-6)13-10/h4H,2-3,10H2,1H3,(H,14,18)(H,11,12,13). The first-order chi connectivity index (χ1) is 10.1. The fourth-order valence-electron chi connectivity index (χ4n) is 1.52. The Hall–Kier alpha value is -2.47. The normalized spacial score (nSPS) is 10.6. The zero-order chi connectivity index (χ0) is 15.4. The Morgan fingerprint density at radius 3 is 3.00 bits per heavy atom. The van der Waals surface area contributed by atoms with Gasteiger partial charge in [0.2, 0.25) is 5.95 Å². The van der Waals surface area contributed by atoms with Gasteiger partial charge in [0.1, 0.15) is 6.20 Å². The smallest absolute Gasteiger partial charge is 0.292 e. The van der Waals surface area contributed by atoms with Gasteiger partial charge in [0.15, 0.2) is 10.2 Å². The van der Waals surface area contributed by atoms with Crippen LogP contribution in [0, 0.1) is 10.1 Å². The van der Waals surface area contributed by atoms with Crippen LogP contribution in [-0.4, -0.2) is 29.7 Å². The summed E-state index contributed by atoms with van der Waals surface area (Å²) in [7, 11) is 0. The number of nitro groups is 1. The first-order valence-electron chi connectivity index (χ1n) is 5.88. The van der Waals surface area contributed by atoms with Crippen molar-refractivity contribution in [3.05, 3.63) is 26.8 Å². The highest BCUT2D eigenvalue weighted by Crippen LogP contribution is 2.31. The van der Waals surface area contributed by atoms with Crippen LogP contribution in [0.15, 0.2) is 21.2 Å². The minimum atomic E-state index is -0.614. The molecule has 2 heterocycles. The van der Waals surface area contributed by atoms with Gasteiger partial charge in [-0.15, -0.1) is 5.10 Å². The highest BCUT2D eigenvalue weighted by molar-refractivity contribution is 7.99. The maximum Gasteiger partial charge on any atom is 0.343 e. The van der Waals surface area contributed by atoms with Crippen LogP contribution in [0.5, 0.6) is 0 Å². The minimum absolute atomic E-state index is 0.0306. The van der Waals surface area contributed by atoms with Gasteiger partial charge in [-0.25, -0.2) is 20.7 Å². The Morgan fingerprint density at radius 2 is 2.38 bits per heavy atom. The molecule has 0 aliphatic rings. The molecule has 0 spiro atoms. The van der Waals surface area contributed by atoms with E-state index >= 15 is 0 Å². The number of rotatable bonds is 6. The van der Waals surface area contributed by atoms with Crippen LogP contribution < -0.4 is 17.0 Å². The van der Waals surface area contributed by atoms with Gasteiger partial charge in [0, 0.05) is 6.54 Å². The summed E-state index contributed by atoms with van der Waals surface area (Å²) in [5.41, 5.74) is 1.53. The van der Waals surface area contributed by atoms with Crippen molar-refractivity contribution >= 4 is 23.4 Å². The van der Waals surface area contributed by atoms with E-state index in [0.29, 0.717) is 13.0 Å². The van der Waals surface area contributed by atoms with Crippen LogP contribution in [0.3, 0.4) is 0 Å². The van der Waals surface area contributed by atoms with Crippen molar-refractivity contribution in [3.63, 3.8) is 0 Å². The van der Waals surface area contributed by atoms with Crippen LogP contribution >= 0.6 is 11.8 Å². The highest BCUT2D eigenvalue weighted by Gasteiger charge is 2.21. The van der Waals surface area contributed by atoms with E-state index in [4.69, 9.17) is 5.84 Å². The van der Waals surface area contributed by atoms with Crippen LogP contribution in [0.1, 0.15) is 13.3 Å². The van der Waals surface area contributed by atoms with Crippen molar-refractivity contribution in [2.45, 2.75) is 30.1 Å². The summed E-state index contributed by atoms with van der Waals surface area (Å²) in [5, 5.41) is 17.5. The molecule has 4 N–H and O–H groups in total. The summed E-state index contributed by atoms with van der Waals surface area (Å²) in [6, 6.07) is 0. The maximum atomic E-state index is 11.6. The van der Waals surface area contributed by atoms with Gasteiger partial charge < -0.3 is 0 Å². The molecule has 0 aromatic carbocycles. The zero-order valence-electron chi connectivity index (χ0n) is 10.9. The number of nitrogens with two attached hydrogens (primary N) is 1. The Balaban J connectivity index is 2.43. The van der Waals surface area contributed by atoms with Crippen molar-refractivity contribution in [2.75, 3.05) is 5.43 Å². The fraction of sp³-hybridized carbons (Fsp3) is 0.333. The summed E-state index contributed by atoms with van der Waals surface area (Å²) in [6.07, 6.45) is 1.76. The van der Waals surface area contributed by atoms with E-state index in [9.17, 15) is 14.9 Å². The molecular formula is C9H12N8O3S. The molecule has 2 aromatic rings. The molecule has 0 fully saturated rings. The maximum absolute atomic E-state index is 11.6. The van der Waals surface area contributed by atoms with E-state index in [0.717, 1.165) is 18.0 Å². The van der Waals surface area contributed by atoms with Gasteiger partial charge >= 0.3 is 11.4 Å². The van der Waals surface area contributed by atoms with Gasteiger partial charge in [0.05, 0.1) is 4.92 Å². The molecule has 2 aromatic heterocycles. The van der Waals surface area contributed by atoms with Gasteiger partial charge in [-0.3, -0.25) is 20.1 Å². The summed E-state index contributed by atoms with van der Waals surface area (Å²) in [6.45, 7) is 2.34. The van der Waals surface area contributed by atoms with Gasteiger partial charge in [-0.2, -0.15) is 4.98 Å². The van der Waals surface area contributed by atoms with E-state index in [-0.39, 0.29) is 27.5 Å². The molecule has 0 aliphatic heterocycles. The largest absolute Gasteiger partial charge is 0.343 e. The number of hydrazine groups is 1. The van der Waals surface area contributed by atoms with Crippen LogP contribution in [0.4, 0.5) is 11.6 Å². The lowest BCUT2D eigenvalue weighted by molar-refractivity contribution is -0.388. The number of nitrogens with zero attached hydrogens (tertiary/aromatic N) is 5. The molecule has 12 heteroatoms. The zero-order valence-corrected chi connectivity index (χ0v) is 11.8. The van der Waals surface area contributed by atoms with E-state index in [2.05, 4.69) is 25.6 Å².